The first-order valence-electron chi connectivity index (χ1n) is 9.72. The molecular formula is C22H23N3O6. The van der Waals surface area contributed by atoms with Gasteiger partial charge in [0.2, 0.25) is 11.8 Å². The number of likely N-dealkylation sites (tertiary alicyclic amines) is 1. The lowest BCUT2D eigenvalue weighted by Gasteiger charge is -2.14. The number of carbonyl (C=O) groups is 4. The zero-order valence-electron chi connectivity index (χ0n) is 17.1. The Balaban J connectivity index is 1.57. The molecule has 4 amide bonds. The highest BCUT2D eigenvalue weighted by molar-refractivity contribution is 6.05. The van der Waals surface area contributed by atoms with Crippen molar-refractivity contribution in [2.75, 3.05) is 31.0 Å². The average Bonchev–Trinajstić information content (AvgIpc) is 3.07. The molecule has 0 spiro atoms. The van der Waals surface area contributed by atoms with Crippen molar-refractivity contribution in [2.45, 2.75) is 19.4 Å². The van der Waals surface area contributed by atoms with E-state index >= 15 is 0 Å². The molecule has 9 heteroatoms. The molecule has 162 valence electrons. The summed E-state index contributed by atoms with van der Waals surface area (Å²) in [6.45, 7) is 0.634. The normalized spacial score (nSPS) is 13.3. The molecule has 3 rings (SSSR count). The summed E-state index contributed by atoms with van der Waals surface area (Å²) in [5, 5.41) is 5.34. The smallest absolute Gasteiger partial charge is 0.411 e. The fraction of sp³-hybridized carbons (Fsp3) is 0.273. The number of methoxy groups -OCH3 is 1. The number of ether oxygens (including phenoxy) is 2. The molecule has 1 saturated heterocycles. The summed E-state index contributed by atoms with van der Waals surface area (Å²) in [6.07, 6.45) is -0.123. The van der Waals surface area contributed by atoms with Crippen LogP contribution in [0.4, 0.5) is 16.2 Å². The quantitative estimate of drug-likeness (QED) is 0.497. The van der Waals surface area contributed by atoms with Gasteiger partial charge >= 0.3 is 6.09 Å². The largest absolute Gasteiger partial charge is 0.447 e. The molecule has 31 heavy (non-hydrogen) atoms. The van der Waals surface area contributed by atoms with Gasteiger partial charge in [-0.15, -0.1) is 0 Å². The van der Waals surface area contributed by atoms with E-state index in [9.17, 15) is 19.2 Å². The van der Waals surface area contributed by atoms with Gasteiger partial charge in [-0.1, -0.05) is 18.2 Å². The lowest BCUT2D eigenvalue weighted by molar-refractivity contribution is -0.139. The van der Waals surface area contributed by atoms with Crippen LogP contribution in [0.15, 0.2) is 48.5 Å². The fourth-order valence-electron chi connectivity index (χ4n) is 2.99. The summed E-state index contributed by atoms with van der Waals surface area (Å²) in [6, 6.07) is 13.3. The molecule has 0 saturated carbocycles. The molecule has 1 aliphatic rings. The van der Waals surface area contributed by atoms with Crippen molar-refractivity contribution < 1.29 is 28.7 Å². The van der Waals surface area contributed by atoms with Crippen molar-refractivity contribution in [2.24, 2.45) is 0 Å². The number of hydrogen-bond donors (Lipinski definition) is 2. The van der Waals surface area contributed by atoms with Crippen LogP contribution in [0.25, 0.3) is 0 Å². The SMILES string of the molecule is COCCOC(=O)Nc1cccc(NC(=O)c2ccc(CN3C(=O)CCC3=O)cc2)c1. The molecule has 0 unspecified atom stereocenters. The van der Waals surface area contributed by atoms with E-state index in [0.29, 0.717) is 23.5 Å². The van der Waals surface area contributed by atoms with E-state index in [1.54, 1.807) is 48.5 Å². The van der Waals surface area contributed by atoms with Crippen LogP contribution in [-0.2, 0) is 25.6 Å². The minimum absolute atomic E-state index is 0.134. The Labute approximate surface area is 179 Å². The highest BCUT2D eigenvalue weighted by Crippen LogP contribution is 2.18. The highest BCUT2D eigenvalue weighted by Gasteiger charge is 2.28. The number of carbonyl (C=O) groups excluding carboxylic acids is 4. The number of nitrogens with one attached hydrogen (secondary N) is 2. The lowest BCUT2D eigenvalue weighted by atomic mass is 10.1. The molecule has 1 fully saturated rings. The van der Waals surface area contributed by atoms with Gasteiger partial charge in [0.1, 0.15) is 6.61 Å². The molecule has 1 heterocycles. The van der Waals surface area contributed by atoms with Crippen molar-refractivity contribution in [3.05, 3.63) is 59.7 Å². The molecule has 1 aliphatic heterocycles. The predicted octanol–water partition coefficient (Wildman–Crippen LogP) is 2.78. The van der Waals surface area contributed by atoms with Crippen molar-refractivity contribution in [3.63, 3.8) is 0 Å². The number of benzene rings is 2. The average molecular weight is 425 g/mol. The van der Waals surface area contributed by atoms with Crippen molar-refractivity contribution >= 4 is 35.2 Å². The lowest BCUT2D eigenvalue weighted by Crippen LogP contribution is -2.28. The second kappa shape index (κ2) is 10.4. The van der Waals surface area contributed by atoms with Crippen molar-refractivity contribution in [1.82, 2.24) is 4.90 Å². The fourth-order valence-corrected chi connectivity index (χ4v) is 2.99. The van der Waals surface area contributed by atoms with Crippen molar-refractivity contribution in [3.8, 4) is 0 Å². The van der Waals surface area contributed by atoms with Crippen LogP contribution in [0.5, 0.6) is 0 Å². The molecule has 0 bridgehead atoms. The van der Waals surface area contributed by atoms with E-state index < -0.39 is 6.09 Å². The van der Waals surface area contributed by atoms with Crippen LogP contribution in [-0.4, -0.2) is 49.0 Å². The number of anilines is 2. The van der Waals surface area contributed by atoms with E-state index in [2.05, 4.69) is 10.6 Å². The molecule has 9 nitrogen and oxygen atoms in total. The van der Waals surface area contributed by atoms with Gasteiger partial charge < -0.3 is 14.8 Å². The maximum absolute atomic E-state index is 12.5. The summed E-state index contributed by atoms with van der Waals surface area (Å²) in [7, 11) is 1.51. The summed E-state index contributed by atoms with van der Waals surface area (Å²) in [4.78, 5) is 48.9. The van der Waals surface area contributed by atoms with Gasteiger partial charge in [0, 0.05) is 36.9 Å². The Bertz CT molecular complexity index is 957. The number of rotatable bonds is 8. The van der Waals surface area contributed by atoms with Gasteiger partial charge in [-0.25, -0.2) is 4.79 Å². The molecule has 0 aromatic heterocycles. The topological polar surface area (TPSA) is 114 Å². The first-order chi connectivity index (χ1) is 15.0. The summed E-state index contributed by atoms with van der Waals surface area (Å²) < 4.78 is 9.75. The number of amides is 4. The molecule has 0 atom stereocenters. The van der Waals surface area contributed by atoms with Gasteiger partial charge in [-0.05, 0) is 35.9 Å². The third-order valence-corrected chi connectivity index (χ3v) is 4.60. The van der Waals surface area contributed by atoms with E-state index in [1.165, 1.54) is 12.0 Å². The molecule has 0 radical (unpaired) electrons. The number of nitrogens with zero attached hydrogens (tertiary/aromatic N) is 1. The highest BCUT2D eigenvalue weighted by atomic mass is 16.6. The van der Waals surface area contributed by atoms with Crippen LogP contribution in [0.3, 0.4) is 0 Å². The minimum atomic E-state index is -0.619. The van der Waals surface area contributed by atoms with Gasteiger partial charge in [-0.2, -0.15) is 0 Å². The summed E-state index contributed by atoms with van der Waals surface area (Å²) >= 11 is 0. The molecule has 2 aromatic rings. The van der Waals surface area contributed by atoms with E-state index in [1.807, 2.05) is 0 Å². The Morgan fingerprint density at radius 3 is 2.23 bits per heavy atom. The Morgan fingerprint density at radius 1 is 0.935 bits per heavy atom. The zero-order chi connectivity index (χ0) is 22.2. The molecule has 2 N–H and O–H groups in total. The first kappa shape index (κ1) is 22.0. The molecule has 2 aromatic carbocycles. The van der Waals surface area contributed by atoms with Crippen LogP contribution in [0.1, 0.15) is 28.8 Å². The maximum Gasteiger partial charge on any atom is 0.411 e. The van der Waals surface area contributed by atoms with Crippen LogP contribution >= 0.6 is 0 Å². The van der Waals surface area contributed by atoms with Gasteiger partial charge in [0.05, 0.1) is 13.2 Å². The molecule has 0 aliphatic carbocycles. The number of imide groups is 1. The van der Waals surface area contributed by atoms with E-state index in [4.69, 9.17) is 9.47 Å². The second-order valence-electron chi connectivity index (χ2n) is 6.86. The Hall–Kier alpha value is -3.72. The standard InChI is InChI=1S/C22H23N3O6/c1-30-11-12-31-22(29)24-18-4-2-3-17(13-18)23-21(28)16-7-5-15(6-8-16)14-25-19(26)9-10-20(25)27/h2-8,13H,9-12,14H2,1H3,(H,23,28)(H,24,29). The first-order valence-corrected chi connectivity index (χ1v) is 9.72. The Morgan fingerprint density at radius 2 is 1.58 bits per heavy atom. The second-order valence-corrected chi connectivity index (χ2v) is 6.86. The van der Waals surface area contributed by atoms with Crippen LogP contribution in [0.2, 0.25) is 0 Å². The summed E-state index contributed by atoms with van der Waals surface area (Å²) in [5.74, 6) is -0.689. The van der Waals surface area contributed by atoms with Gasteiger partial charge in [0.25, 0.3) is 5.91 Å². The van der Waals surface area contributed by atoms with E-state index in [-0.39, 0.29) is 43.7 Å². The predicted molar refractivity (Wildman–Crippen MR) is 112 cm³/mol. The van der Waals surface area contributed by atoms with Crippen molar-refractivity contribution in [1.29, 1.82) is 0 Å². The third kappa shape index (κ3) is 6.13. The minimum Gasteiger partial charge on any atom is -0.447 e. The Kier molecular flexibility index (Phi) is 7.34. The van der Waals surface area contributed by atoms with E-state index in [0.717, 1.165) is 5.56 Å². The number of hydrogen-bond acceptors (Lipinski definition) is 6. The summed E-state index contributed by atoms with van der Waals surface area (Å²) in [5.41, 5.74) is 2.14. The third-order valence-electron chi connectivity index (χ3n) is 4.60. The van der Waals surface area contributed by atoms with Crippen LogP contribution < -0.4 is 10.6 Å². The van der Waals surface area contributed by atoms with Gasteiger partial charge in [-0.3, -0.25) is 24.6 Å². The zero-order valence-corrected chi connectivity index (χ0v) is 17.1. The van der Waals surface area contributed by atoms with Crippen LogP contribution in [0, 0.1) is 0 Å². The monoisotopic (exact) mass is 425 g/mol. The van der Waals surface area contributed by atoms with Gasteiger partial charge in [0.15, 0.2) is 0 Å². The molecular weight excluding hydrogens is 402 g/mol. The maximum atomic E-state index is 12.5.